The van der Waals surface area contributed by atoms with Crippen molar-refractivity contribution in [2.24, 2.45) is 0 Å². The predicted molar refractivity (Wildman–Crippen MR) is 98.4 cm³/mol. The molecule has 0 atom stereocenters. The molecule has 0 N–H and O–H groups in total. The third kappa shape index (κ3) is 3.62. The maximum absolute atomic E-state index is 13.0. The maximum Gasteiger partial charge on any atom is 0.195 e. The molecule has 2 aromatic heterocycles. The summed E-state index contributed by atoms with van der Waals surface area (Å²) in [5.41, 5.74) is 2.92. The Bertz CT molecular complexity index is 964. The Morgan fingerprint density at radius 1 is 1.04 bits per heavy atom. The lowest BCUT2D eigenvalue weighted by Gasteiger charge is -2.04. The van der Waals surface area contributed by atoms with Gasteiger partial charge in [-0.25, -0.2) is 9.37 Å². The van der Waals surface area contributed by atoms with Crippen molar-refractivity contribution in [2.75, 3.05) is 0 Å². The van der Waals surface area contributed by atoms with Gasteiger partial charge in [-0.3, -0.25) is 4.57 Å². The van der Waals surface area contributed by atoms with E-state index in [1.54, 1.807) is 41.6 Å². The molecule has 0 aliphatic rings. The van der Waals surface area contributed by atoms with Gasteiger partial charge in [-0.05, 0) is 36.4 Å². The average molecular weight is 368 g/mol. The van der Waals surface area contributed by atoms with Crippen molar-refractivity contribution < 1.29 is 4.39 Å². The molecule has 0 saturated heterocycles. The standard InChI is InChI=1S/C18H13FN4S2/c19-14-8-6-13(7-9-14)17-21-15(10-24-17)11-25-18-22-20-12-23(18)16-4-2-1-3-5-16/h1-10,12H,11H2. The molecule has 25 heavy (non-hydrogen) atoms. The van der Waals surface area contributed by atoms with Crippen LogP contribution in [0.1, 0.15) is 5.69 Å². The zero-order chi connectivity index (χ0) is 17.1. The summed E-state index contributed by atoms with van der Waals surface area (Å²) in [6.45, 7) is 0. The minimum Gasteiger partial charge on any atom is -0.277 e. The number of aromatic nitrogens is 4. The third-order valence-electron chi connectivity index (χ3n) is 3.54. The average Bonchev–Trinajstić information content (AvgIpc) is 3.31. The Morgan fingerprint density at radius 3 is 2.64 bits per heavy atom. The summed E-state index contributed by atoms with van der Waals surface area (Å²) >= 11 is 3.14. The SMILES string of the molecule is Fc1ccc(-c2nc(CSc3nncn3-c3ccccc3)cs2)cc1. The lowest BCUT2D eigenvalue weighted by atomic mass is 10.2. The molecule has 0 amide bonds. The topological polar surface area (TPSA) is 43.6 Å². The van der Waals surface area contributed by atoms with Gasteiger partial charge in [0.2, 0.25) is 0 Å². The molecule has 124 valence electrons. The Kier molecular flexibility index (Phi) is 4.58. The number of nitrogens with zero attached hydrogens (tertiary/aromatic N) is 4. The van der Waals surface area contributed by atoms with E-state index in [-0.39, 0.29) is 5.82 Å². The molecular weight excluding hydrogens is 355 g/mol. The van der Waals surface area contributed by atoms with E-state index in [0.717, 1.165) is 27.1 Å². The monoisotopic (exact) mass is 368 g/mol. The molecule has 4 nitrogen and oxygen atoms in total. The van der Waals surface area contributed by atoms with Gasteiger partial charge in [0.15, 0.2) is 5.16 Å². The first kappa shape index (κ1) is 16.0. The first-order valence-corrected chi connectivity index (χ1v) is 9.45. The molecule has 0 unspecified atom stereocenters. The highest BCUT2D eigenvalue weighted by Gasteiger charge is 2.10. The van der Waals surface area contributed by atoms with Crippen LogP contribution in [0.25, 0.3) is 16.3 Å². The summed E-state index contributed by atoms with van der Waals surface area (Å²) in [5.74, 6) is 0.458. The molecule has 4 rings (SSSR count). The van der Waals surface area contributed by atoms with Crippen molar-refractivity contribution in [1.82, 2.24) is 19.7 Å². The van der Waals surface area contributed by atoms with Crippen LogP contribution in [0.4, 0.5) is 4.39 Å². The van der Waals surface area contributed by atoms with Crippen LogP contribution in [0.2, 0.25) is 0 Å². The Balaban J connectivity index is 1.48. The minimum atomic E-state index is -0.240. The van der Waals surface area contributed by atoms with Gasteiger partial charge < -0.3 is 0 Å². The number of halogens is 1. The van der Waals surface area contributed by atoms with Gasteiger partial charge in [0.05, 0.1) is 5.69 Å². The fourth-order valence-corrected chi connectivity index (χ4v) is 4.08. The molecule has 4 aromatic rings. The number of thioether (sulfide) groups is 1. The lowest BCUT2D eigenvalue weighted by Crippen LogP contribution is -1.95. The first-order chi connectivity index (χ1) is 12.3. The van der Waals surface area contributed by atoms with Crippen molar-refractivity contribution in [1.29, 1.82) is 0 Å². The molecule has 0 aliphatic carbocycles. The van der Waals surface area contributed by atoms with Crippen LogP contribution in [-0.4, -0.2) is 19.7 Å². The molecule has 0 aliphatic heterocycles. The second kappa shape index (κ2) is 7.16. The predicted octanol–water partition coefficient (Wildman–Crippen LogP) is 4.82. The minimum absolute atomic E-state index is 0.240. The quantitative estimate of drug-likeness (QED) is 0.474. The normalized spacial score (nSPS) is 10.9. The van der Waals surface area contributed by atoms with Crippen LogP contribution in [0.5, 0.6) is 0 Å². The van der Waals surface area contributed by atoms with E-state index in [9.17, 15) is 4.39 Å². The van der Waals surface area contributed by atoms with Crippen molar-refractivity contribution in [3.8, 4) is 16.3 Å². The Labute approximate surface area is 152 Å². The Morgan fingerprint density at radius 2 is 1.84 bits per heavy atom. The number of para-hydroxylation sites is 1. The van der Waals surface area contributed by atoms with Crippen LogP contribution < -0.4 is 0 Å². The number of benzene rings is 2. The van der Waals surface area contributed by atoms with E-state index in [2.05, 4.69) is 15.2 Å². The van der Waals surface area contributed by atoms with Gasteiger partial charge in [0.1, 0.15) is 17.2 Å². The summed E-state index contributed by atoms with van der Waals surface area (Å²) in [5, 5.41) is 11.9. The largest absolute Gasteiger partial charge is 0.277 e. The number of hydrogen-bond acceptors (Lipinski definition) is 5. The van der Waals surface area contributed by atoms with Gasteiger partial charge in [-0.15, -0.1) is 21.5 Å². The van der Waals surface area contributed by atoms with Crippen LogP contribution in [-0.2, 0) is 5.75 Å². The molecule has 2 aromatic carbocycles. The molecule has 0 saturated carbocycles. The summed E-state index contributed by atoms with van der Waals surface area (Å²) < 4.78 is 15.0. The summed E-state index contributed by atoms with van der Waals surface area (Å²) in [7, 11) is 0. The molecule has 7 heteroatoms. The molecule has 0 bridgehead atoms. The molecule has 0 fully saturated rings. The Hall–Kier alpha value is -2.51. The number of rotatable bonds is 5. The van der Waals surface area contributed by atoms with Gasteiger partial charge >= 0.3 is 0 Å². The van der Waals surface area contributed by atoms with Gasteiger partial charge in [0.25, 0.3) is 0 Å². The van der Waals surface area contributed by atoms with Gasteiger partial charge in [-0.2, -0.15) is 0 Å². The smallest absolute Gasteiger partial charge is 0.195 e. The van der Waals surface area contributed by atoms with Gasteiger partial charge in [0, 0.05) is 22.4 Å². The molecule has 0 radical (unpaired) electrons. The summed E-state index contributed by atoms with van der Waals surface area (Å²) in [4.78, 5) is 4.63. The van der Waals surface area contributed by atoms with Crippen molar-refractivity contribution in [3.63, 3.8) is 0 Å². The number of thiazole rings is 1. The van der Waals surface area contributed by atoms with Crippen molar-refractivity contribution in [3.05, 3.63) is 77.8 Å². The first-order valence-electron chi connectivity index (χ1n) is 7.58. The van der Waals surface area contributed by atoms with E-state index in [1.807, 2.05) is 40.3 Å². The zero-order valence-corrected chi connectivity index (χ0v) is 14.7. The fraction of sp³-hybridized carbons (Fsp3) is 0.0556. The van der Waals surface area contributed by atoms with Gasteiger partial charge in [-0.1, -0.05) is 30.0 Å². The third-order valence-corrected chi connectivity index (χ3v) is 5.46. The fourth-order valence-electron chi connectivity index (χ4n) is 2.33. The second-order valence-corrected chi connectivity index (χ2v) is 7.06. The second-order valence-electron chi connectivity index (χ2n) is 5.26. The highest BCUT2D eigenvalue weighted by Crippen LogP contribution is 2.28. The van der Waals surface area contributed by atoms with Crippen LogP contribution in [0.3, 0.4) is 0 Å². The molecule has 0 spiro atoms. The van der Waals surface area contributed by atoms with E-state index in [0.29, 0.717) is 5.75 Å². The van der Waals surface area contributed by atoms with E-state index >= 15 is 0 Å². The van der Waals surface area contributed by atoms with Crippen LogP contribution in [0, 0.1) is 5.82 Å². The zero-order valence-electron chi connectivity index (χ0n) is 13.0. The number of hydrogen-bond donors (Lipinski definition) is 0. The van der Waals surface area contributed by atoms with E-state index < -0.39 is 0 Å². The van der Waals surface area contributed by atoms with Crippen LogP contribution in [0.15, 0.2) is 71.5 Å². The highest BCUT2D eigenvalue weighted by atomic mass is 32.2. The molecular formula is C18H13FN4S2. The van der Waals surface area contributed by atoms with Crippen molar-refractivity contribution >= 4 is 23.1 Å². The summed E-state index contributed by atoms with van der Waals surface area (Å²) in [6, 6.07) is 16.4. The van der Waals surface area contributed by atoms with Crippen molar-refractivity contribution in [2.45, 2.75) is 10.9 Å². The van der Waals surface area contributed by atoms with E-state index in [4.69, 9.17) is 0 Å². The lowest BCUT2D eigenvalue weighted by molar-refractivity contribution is 0.628. The highest BCUT2D eigenvalue weighted by molar-refractivity contribution is 7.98. The summed E-state index contributed by atoms with van der Waals surface area (Å²) in [6.07, 6.45) is 1.71. The van der Waals surface area contributed by atoms with E-state index in [1.165, 1.54) is 12.1 Å². The van der Waals surface area contributed by atoms with Crippen LogP contribution >= 0.6 is 23.1 Å². The molecule has 2 heterocycles. The maximum atomic E-state index is 13.0.